The molecule has 1 heterocycles. The van der Waals surface area contributed by atoms with Gasteiger partial charge in [0.2, 0.25) is 0 Å². The summed E-state index contributed by atoms with van der Waals surface area (Å²) in [5.41, 5.74) is 5.07. The van der Waals surface area contributed by atoms with Gasteiger partial charge in [0.25, 0.3) is 0 Å². The number of nitrogens with one attached hydrogen (secondary N) is 1. The van der Waals surface area contributed by atoms with Crippen LogP contribution in [0.2, 0.25) is 0 Å². The van der Waals surface area contributed by atoms with Gasteiger partial charge in [-0.3, -0.25) is 0 Å². The van der Waals surface area contributed by atoms with Crippen LogP contribution in [0.15, 0.2) is 16.5 Å². The molecule has 0 amide bonds. The first-order valence-electron chi connectivity index (χ1n) is 7.79. The highest BCUT2D eigenvalue weighted by atomic mass is 16.3. The van der Waals surface area contributed by atoms with E-state index in [9.17, 15) is 0 Å². The summed E-state index contributed by atoms with van der Waals surface area (Å²) in [5, 5.41) is 4.91. The summed E-state index contributed by atoms with van der Waals surface area (Å²) in [4.78, 5) is 0. The molecule has 1 aromatic heterocycles. The van der Waals surface area contributed by atoms with Crippen LogP contribution >= 0.6 is 0 Å². The molecule has 1 N–H and O–H groups in total. The largest absolute Gasteiger partial charge is 0.459 e. The molecule has 108 valence electrons. The van der Waals surface area contributed by atoms with E-state index in [4.69, 9.17) is 4.42 Å². The third kappa shape index (κ3) is 2.76. The Labute approximate surface area is 121 Å². The lowest BCUT2D eigenvalue weighted by molar-refractivity contribution is 0.499. The van der Waals surface area contributed by atoms with Crippen LogP contribution < -0.4 is 5.32 Å². The van der Waals surface area contributed by atoms with Crippen LogP contribution in [-0.2, 0) is 13.0 Å². The highest BCUT2D eigenvalue weighted by molar-refractivity contribution is 5.85. The first-order chi connectivity index (χ1) is 9.54. The summed E-state index contributed by atoms with van der Waals surface area (Å²) in [6, 6.07) is 5.21. The van der Waals surface area contributed by atoms with Crippen LogP contribution in [0.25, 0.3) is 11.0 Å². The maximum absolute atomic E-state index is 6.20. The summed E-state index contributed by atoms with van der Waals surface area (Å²) in [5.74, 6) is 1.80. The van der Waals surface area contributed by atoms with Crippen molar-refractivity contribution in [3.63, 3.8) is 0 Å². The monoisotopic (exact) mass is 271 g/mol. The zero-order chi connectivity index (χ0) is 14.3. The molecule has 0 unspecified atom stereocenters. The molecule has 1 aliphatic rings. The number of fused-ring (bicyclic) bond motifs is 1. The standard InChI is InChI=1S/C18H25NO/c1-11(2)7-15-16-9-12(3)8-13(4)18(16)20-17(15)10-19-14-5-6-14/h8-9,11,14,19H,5-7,10H2,1-4H3. The summed E-state index contributed by atoms with van der Waals surface area (Å²) >= 11 is 0. The SMILES string of the molecule is Cc1cc(C)c2oc(CNC3CC3)c(CC(C)C)c2c1. The van der Waals surface area contributed by atoms with Crippen molar-refractivity contribution in [3.05, 3.63) is 34.6 Å². The first-order valence-corrected chi connectivity index (χ1v) is 7.79. The van der Waals surface area contributed by atoms with E-state index >= 15 is 0 Å². The Balaban J connectivity index is 2.03. The van der Waals surface area contributed by atoms with E-state index in [0.717, 1.165) is 30.4 Å². The Morgan fingerprint density at radius 3 is 2.65 bits per heavy atom. The van der Waals surface area contributed by atoms with E-state index < -0.39 is 0 Å². The van der Waals surface area contributed by atoms with Crippen LogP contribution in [0.3, 0.4) is 0 Å². The van der Waals surface area contributed by atoms with Crippen LogP contribution in [0.1, 0.15) is 49.1 Å². The normalized spacial score (nSPS) is 15.4. The van der Waals surface area contributed by atoms with E-state index in [1.165, 1.54) is 34.9 Å². The lowest BCUT2D eigenvalue weighted by Crippen LogP contribution is -2.16. The Kier molecular flexibility index (Phi) is 3.59. The van der Waals surface area contributed by atoms with Crippen LogP contribution in [0.5, 0.6) is 0 Å². The molecule has 3 rings (SSSR count). The average molecular weight is 271 g/mol. The van der Waals surface area contributed by atoms with Gasteiger partial charge in [0.1, 0.15) is 11.3 Å². The van der Waals surface area contributed by atoms with Crippen molar-refractivity contribution in [2.45, 2.75) is 59.5 Å². The molecule has 1 aliphatic carbocycles. The second kappa shape index (κ2) is 5.25. The van der Waals surface area contributed by atoms with Crippen LogP contribution in [-0.4, -0.2) is 6.04 Å². The lowest BCUT2D eigenvalue weighted by Gasteiger charge is -2.07. The predicted molar refractivity (Wildman–Crippen MR) is 84.1 cm³/mol. The molecule has 0 spiro atoms. The van der Waals surface area contributed by atoms with Gasteiger partial charge in [-0.1, -0.05) is 19.9 Å². The second-order valence-electron chi connectivity index (χ2n) is 6.72. The molecule has 0 saturated heterocycles. The number of aryl methyl sites for hydroxylation is 2. The van der Waals surface area contributed by atoms with E-state index in [1.54, 1.807) is 0 Å². The third-order valence-corrected chi connectivity index (χ3v) is 4.05. The van der Waals surface area contributed by atoms with Crippen LogP contribution in [0, 0.1) is 19.8 Å². The molecule has 0 aliphatic heterocycles. The van der Waals surface area contributed by atoms with Crippen molar-refractivity contribution in [1.82, 2.24) is 5.32 Å². The molecule has 0 bridgehead atoms. The smallest absolute Gasteiger partial charge is 0.137 e. The van der Waals surface area contributed by atoms with Gasteiger partial charge < -0.3 is 9.73 Å². The summed E-state index contributed by atoms with van der Waals surface area (Å²) < 4.78 is 6.20. The summed E-state index contributed by atoms with van der Waals surface area (Å²) in [6.07, 6.45) is 3.73. The predicted octanol–water partition coefficient (Wildman–Crippen LogP) is 4.50. The molecule has 20 heavy (non-hydrogen) atoms. The van der Waals surface area contributed by atoms with Gasteiger partial charge in [0.05, 0.1) is 6.54 Å². The zero-order valence-corrected chi connectivity index (χ0v) is 13.0. The highest BCUT2D eigenvalue weighted by Crippen LogP contribution is 2.32. The highest BCUT2D eigenvalue weighted by Gasteiger charge is 2.23. The van der Waals surface area contributed by atoms with Crippen molar-refractivity contribution in [2.75, 3.05) is 0 Å². The molecule has 1 aromatic carbocycles. The minimum Gasteiger partial charge on any atom is -0.459 e. The number of rotatable bonds is 5. The second-order valence-corrected chi connectivity index (χ2v) is 6.72. The fourth-order valence-electron chi connectivity index (χ4n) is 2.95. The van der Waals surface area contributed by atoms with E-state index in [0.29, 0.717) is 5.92 Å². The molecule has 0 atom stereocenters. The topological polar surface area (TPSA) is 25.2 Å². The van der Waals surface area contributed by atoms with Gasteiger partial charge in [-0.15, -0.1) is 0 Å². The van der Waals surface area contributed by atoms with Crippen molar-refractivity contribution < 1.29 is 4.42 Å². The Hall–Kier alpha value is -1.28. The number of hydrogen-bond donors (Lipinski definition) is 1. The van der Waals surface area contributed by atoms with E-state index in [-0.39, 0.29) is 0 Å². The minimum absolute atomic E-state index is 0.649. The Morgan fingerprint density at radius 2 is 2.00 bits per heavy atom. The third-order valence-electron chi connectivity index (χ3n) is 4.05. The first kappa shape index (κ1) is 13.7. The van der Waals surface area contributed by atoms with E-state index in [1.807, 2.05) is 0 Å². The van der Waals surface area contributed by atoms with Crippen molar-refractivity contribution >= 4 is 11.0 Å². The Bertz CT molecular complexity index is 620. The Morgan fingerprint density at radius 1 is 1.25 bits per heavy atom. The maximum Gasteiger partial charge on any atom is 0.137 e. The molecule has 0 radical (unpaired) electrons. The number of hydrogen-bond acceptors (Lipinski definition) is 2. The zero-order valence-electron chi connectivity index (χ0n) is 13.0. The quantitative estimate of drug-likeness (QED) is 0.866. The van der Waals surface area contributed by atoms with Crippen molar-refractivity contribution in [2.24, 2.45) is 5.92 Å². The molecular formula is C18H25NO. The van der Waals surface area contributed by atoms with Gasteiger partial charge >= 0.3 is 0 Å². The van der Waals surface area contributed by atoms with Gasteiger partial charge in [-0.05, 0) is 56.2 Å². The van der Waals surface area contributed by atoms with Crippen molar-refractivity contribution in [1.29, 1.82) is 0 Å². The number of furan rings is 1. The fourth-order valence-corrected chi connectivity index (χ4v) is 2.95. The van der Waals surface area contributed by atoms with Gasteiger partial charge in [-0.2, -0.15) is 0 Å². The molecule has 1 fully saturated rings. The van der Waals surface area contributed by atoms with Gasteiger partial charge in [0, 0.05) is 17.0 Å². The molecule has 2 nitrogen and oxygen atoms in total. The van der Waals surface area contributed by atoms with Crippen molar-refractivity contribution in [3.8, 4) is 0 Å². The summed E-state index contributed by atoms with van der Waals surface area (Å²) in [6.45, 7) is 9.75. The van der Waals surface area contributed by atoms with Crippen LogP contribution in [0.4, 0.5) is 0 Å². The lowest BCUT2D eigenvalue weighted by atomic mass is 9.97. The summed E-state index contributed by atoms with van der Waals surface area (Å²) in [7, 11) is 0. The number of benzene rings is 1. The molecular weight excluding hydrogens is 246 g/mol. The molecule has 2 heteroatoms. The average Bonchev–Trinajstić information content (AvgIpc) is 3.12. The molecule has 1 saturated carbocycles. The fraction of sp³-hybridized carbons (Fsp3) is 0.556. The maximum atomic E-state index is 6.20. The van der Waals surface area contributed by atoms with Gasteiger partial charge in [0.15, 0.2) is 0 Å². The van der Waals surface area contributed by atoms with Gasteiger partial charge in [-0.25, -0.2) is 0 Å². The van der Waals surface area contributed by atoms with E-state index in [2.05, 4.69) is 45.1 Å². The molecule has 2 aromatic rings. The minimum atomic E-state index is 0.649.